The van der Waals surface area contributed by atoms with E-state index in [4.69, 9.17) is 0 Å². The molecule has 0 saturated heterocycles. The molecule has 3 rings (SSSR count). The minimum Gasteiger partial charge on any atom is -0.484 e. The van der Waals surface area contributed by atoms with Gasteiger partial charge in [-0.15, -0.1) is 0 Å². The summed E-state index contributed by atoms with van der Waals surface area (Å²) in [6.45, 7) is 0.269. The lowest BCUT2D eigenvalue weighted by Crippen LogP contribution is -2.24. The molecule has 4 nitrogen and oxygen atoms in total. The molecule has 0 saturated carbocycles. The van der Waals surface area contributed by atoms with E-state index in [2.05, 4.69) is 9.72 Å². The minimum absolute atomic E-state index is 0.136. The molecule has 0 fully saturated rings. The van der Waals surface area contributed by atoms with E-state index >= 15 is 0 Å². The summed E-state index contributed by atoms with van der Waals surface area (Å²) >= 11 is 0. The maximum absolute atomic E-state index is 13.6. The highest BCUT2D eigenvalue weighted by Gasteiger charge is 2.38. The van der Waals surface area contributed by atoms with E-state index < -0.39 is 35.8 Å². The van der Waals surface area contributed by atoms with Crippen molar-refractivity contribution >= 4 is 5.65 Å². The highest BCUT2D eigenvalue weighted by molar-refractivity contribution is 5.68. The fraction of sp³-hybridized carbons (Fsp3) is 0.263. The summed E-state index contributed by atoms with van der Waals surface area (Å²) < 4.78 is 83.0. The van der Waals surface area contributed by atoms with Gasteiger partial charge in [-0.2, -0.15) is 26.3 Å². The summed E-state index contributed by atoms with van der Waals surface area (Å²) in [5.74, 6) is -0.193. The van der Waals surface area contributed by atoms with Crippen molar-refractivity contribution in [2.75, 3.05) is 6.61 Å². The van der Waals surface area contributed by atoms with E-state index in [-0.39, 0.29) is 17.0 Å². The first-order chi connectivity index (χ1) is 13.5. The summed E-state index contributed by atoms with van der Waals surface area (Å²) in [6.07, 6.45) is -7.57. The number of fused-ring (bicyclic) bond motifs is 1. The maximum atomic E-state index is 13.6. The number of hydrogen-bond donors (Lipinski definition) is 0. The SMILES string of the molecule is CCc1ccn2c(=O)c(-c3ccc(OCC(F)(F)F)cc3)c(C(F)(F)F)nc2c1. The zero-order valence-corrected chi connectivity index (χ0v) is 14.9. The number of benzene rings is 1. The van der Waals surface area contributed by atoms with Gasteiger partial charge in [-0.05, 0) is 41.8 Å². The Bertz CT molecular complexity index is 1090. The van der Waals surface area contributed by atoms with Gasteiger partial charge >= 0.3 is 12.4 Å². The Balaban J connectivity index is 2.13. The molecule has 10 heteroatoms. The van der Waals surface area contributed by atoms with Gasteiger partial charge in [-0.1, -0.05) is 19.1 Å². The van der Waals surface area contributed by atoms with Crippen molar-refractivity contribution in [2.24, 2.45) is 0 Å². The number of nitrogens with zero attached hydrogens (tertiary/aromatic N) is 2. The third-order valence-electron chi connectivity index (χ3n) is 4.12. The van der Waals surface area contributed by atoms with E-state index in [9.17, 15) is 31.1 Å². The lowest BCUT2D eigenvalue weighted by Gasteiger charge is -2.14. The fourth-order valence-corrected chi connectivity index (χ4v) is 2.75. The topological polar surface area (TPSA) is 43.6 Å². The van der Waals surface area contributed by atoms with Gasteiger partial charge in [0.1, 0.15) is 11.4 Å². The molecule has 0 aliphatic heterocycles. The van der Waals surface area contributed by atoms with Crippen LogP contribution < -0.4 is 10.3 Å². The van der Waals surface area contributed by atoms with E-state index in [1.165, 1.54) is 12.3 Å². The molecule has 0 aliphatic rings. The molecule has 0 aliphatic carbocycles. The van der Waals surface area contributed by atoms with Crippen molar-refractivity contribution in [3.8, 4) is 16.9 Å². The highest BCUT2D eigenvalue weighted by Crippen LogP contribution is 2.34. The Morgan fingerprint density at radius 3 is 2.24 bits per heavy atom. The monoisotopic (exact) mass is 416 g/mol. The lowest BCUT2D eigenvalue weighted by molar-refractivity contribution is -0.153. The van der Waals surface area contributed by atoms with Gasteiger partial charge in [0, 0.05) is 6.20 Å². The maximum Gasteiger partial charge on any atom is 0.434 e. The number of aryl methyl sites for hydroxylation is 1. The zero-order chi connectivity index (χ0) is 21.4. The molecule has 3 aromatic rings. The van der Waals surface area contributed by atoms with Crippen molar-refractivity contribution in [3.05, 3.63) is 64.2 Å². The van der Waals surface area contributed by atoms with Crippen LogP contribution >= 0.6 is 0 Å². The minimum atomic E-state index is -4.91. The molecule has 1 aromatic carbocycles. The Kier molecular flexibility index (Phi) is 5.29. The van der Waals surface area contributed by atoms with Crippen LogP contribution in [0.4, 0.5) is 26.3 Å². The Morgan fingerprint density at radius 1 is 1.03 bits per heavy atom. The number of pyridine rings is 1. The zero-order valence-electron chi connectivity index (χ0n) is 14.9. The van der Waals surface area contributed by atoms with E-state index in [0.717, 1.165) is 28.7 Å². The van der Waals surface area contributed by atoms with Crippen LogP contribution in [0.2, 0.25) is 0 Å². The van der Waals surface area contributed by atoms with Gasteiger partial charge in [0.15, 0.2) is 12.3 Å². The number of hydrogen-bond acceptors (Lipinski definition) is 3. The fourth-order valence-electron chi connectivity index (χ4n) is 2.75. The molecule has 29 heavy (non-hydrogen) atoms. The molecule has 0 N–H and O–H groups in total. The number of halogens is 6. The first-order valence-electron chi connectivity index (χ1n) is 8.42. The van der Waals surface area contributed by atoms with Gasteiger partial charge in [0.25, 0.3) is 5.56 Å². The Hall–Kier alpha value is -3.04. The second-order valence-electron chi connectivity index (χ2n) is 6.18. The predicted octanol–water partition coefficient (Wildman–Crippen LogP) is 4.88. The van der Waals surface area contributed by atoms with Crippen LogP contribution in [-0.4, -0.2) is 22.2 Å². The number of rotatable bonds is 4. The lowest BCUT2D eigenvalue weighted by atomic mass is 10.0. The van der Waals surface area contributed by atoms with Gasteiger partial charge < -0.3 is 4.74 Å². The van der Waals surface area contributed by atoms with Crippen LogP contribution in [0.1, 0.15) is 18.2 Å². The average Bonchev–Trinajstić information content (AvgIpc) is 2.65. The second kappa shape index (κ2) is 7.41. The summed E-state index contributed by atoms with van der Waals surface area (Å²) in [5, 5.41) is 0. The largest absolute Gasteiger partial charge is 0.484 e. The first kappa shape index (κ1) is 20.7. The summed E-state index contributed by atoms with van der Waals surface area (Å²) in [4.78, 5) is 16.4. The van der Waals surface area contributed by atoms with Crippen LogP contribution in [0.25, 0.3) is 16.8 Å². The van der Waals surface area contributed by atoms with Crippen molar-refractivity contribution in [3.63, 3.8) is 0 Å². The van der Waals surface area contributed by atoms with Crippen molar-refractivity contribution in [1.29, 1.82) is 0 Å². The third-order valence-corrected chi connectivity index (χ3v) is 4.12. The predicted molar refractivity (Wildman–Crippen MR) is 92.8 cm³/mol. The Labute approximate surface area is 160 Å². The summed E-state index contributed by atoms with van der Waals surface area (Å²) in [5.41, 5.74) is -2.56. The average molecular weight is 416 g/mol. The molecule has 2 aromatic heterocycles. The molecule has 0 atom stereocenters. The van der Waals surface area contributed by atoms with Crippen LogP contribution in [0, 0.1) is 0 Å². The molecule has 0 amide bonds. The van der Waals surface area contributed by atoms with Crippen LogP contribution in [0.3, 0.4) is 0 Å². The highest BCUT2D eigenvalue weighted by atomic mass is 19.4. The quantitative estimate of drug-likeness (QED) is 0.570. The standard InChI is InChI=1S/C19H14F6N2O2/c1-2-11-7-8-27-14(9-11)26-16(19(23,24)25)15(17(27)28)12-3-5-13(6-4-12)29-10-18(20,21)22/h3-9H,2,10H2,1H3. The first-order valence-corrected chi connectivity index (χ1v) is 8.42. The van der Waals surface area contributed by atoms with Gasteiger partial charge in [0.2, 0.25) is 0 Å². The summed E-state index contributed by atoms with van der Waals surface area (Å²) in [7, 11) is 0. The van der Waals surface area contributed by atoms with Gasteiger partial charge in [-0.3, -0.25) is 9.20 Å². The molecule has 2 heterocycles. The van der Waals surface area contributed by atoms with E-state index in [1.807, 2.05) is 6.92 Å². The van der Waals surface area contributed by atoms with E-state index in [0.29, 0.717) is 12.0 Å². The van der Waals surface area contributed by atoms with E-state index in [1.54, 1.807) is 6.07 Å². The summed E-state index contributed by atoms with van der Waals surface area (Å²) in [6, 6.07) is 7.31. The van der Waals surface area contributed by atoms with Crippen molar-refractivity contribution < 1.29 is 31.1 Å². The number of alkyl halides is 6. The van der Waals surface area contributed by atoms with Gasteiger partial charge in [-0.25, -0.2) is 4.98 Å². The molecule has 0 radical (unpaired) electrons. The molecule has 0 unspecified atom stereocenters. The molecule has 154 valence electrons. The molecular weight excluding hydrogens is 402 g/mol. The number of ether oxygens (including phenoxy) is 1. The van der Waals surface area contributed by atoms with Gasteiger partial charge in [0.05, 0.1) is 5.56 Å². The Morgan fingerprint density at radius 2 is 1.69 bits per heavy atom. The van der Waals surface area contributed by atoms with Crippen LogP contribution in [-0.2, 0) is 12.6 Å². The van der Waals surface area contributed by atoms with Crippen LogP contribution in [0.5, 0.6) is 5.75 Å². The smallest absolute Gasteiger partial charge is 0.434 e. The second-order valence-corrected chi connectivity index (χ2v) is 6.18. The van der Waals surface area contributed by atoms with Crippen LogP contribution in [0.15, 0.2) is 47.4 Å². The van der Waals surface area contributed by atoms with Crippen molar-refractivity contribution in [2.45, 2.75) is 25.7 Å². The van der Waals surface area contributed by atoms with Crippen molar-refractivity contribution in [1.82, 2.24) is 9.38 Å². The molecule has 0 spiro atoms. The number of aromatic nitrogens is 2. The molecular formula is C19H14F6N2O2. The third kappa shape index (κ3) is 4.52. The molecule has 0 bridgehead atoms. The normalized spacial score (nSPS) is 12.4.